The molecule has 1 aliphatic rings. The number of nitrogens with zero attached hydrogens (tertiary/aromatic N) is 1. The highest BCUT2D eigenvalue weighted by atomic mass is 19.1. The molecule has 1 saturated heterocycles. The zero-order valence-corrected chi connectivity index (χ0v) is 12.1. The van der Waals surface area contributed by atoms with Crippen molar-refractivity contribution in [1.29, 1.82) is 5.26 Å². The van der Waals surface area contributed by atoms with Crippen LogP contribution in [0.4, 0.5) is 10.1 Å². The molecule has 0 radical (unpaired) electrons. The summed E-state index contributed by atoms with van der Waals surface area (Å²) in [5.74, 6) is -0.379. The molecule has 0 bridgehead atoms. The lowest BCUT2D eigenvalue weighted by molar-refractivity contribution is -0.0864. The summed E-state index contributed by atoms with van der Waals surface area (Å²) in [4.78, 5) is 0. The lowest BCUT2D eigenvalue weighted by Gasteiger charge is -2.40. The number of nitrogens with one attached hydrogen (secondary N) is 1. The first kappa shape index (κ1) is 14.8. The van der Waals surface area contributed by atoms with Gasteiger partial charge in [-0.3, -0.25) is 0 Å². The van der Waals surface area contributed by atoms with Gasteiger partial charge in [0.25, 0.3) is 0 Å². The van der Waals surface area contributed by atoms with Crippen LogP contribution in [0.2, 0.25) is 0 Å². The number of anilines is 1. The van der Waals surface area contributed by atoms with E-state index in [2.05, 4.69) is 19.2 Å². The van der Waals surface area contributed by atoms with Crippen molar-refractivity contribution < 1.29 is 9.13 Å². The molecule has 1 aliphatic heterocycles. The summed E-state index contributed by atoms with van der Waals surface area (Å²) < 4.78 is 19.4. The zero-order valence-electron chi connectivity index (χ0n) is 12.1. The standard InChI is InChI=1S/C16H21FN2O/c1-3-16(4-2)10-14(5-6-20-16)19-15-8-12(11-18)7-13(17)9-15/h7-9,14,19H,3-6,10H2,1-2H3. The maximum Gasteiger partial charge on any atom is 0.126 e. The van der Waals surface area contributed by atoms with E-state index < -0.39 is 0 Å². The molecule has 0 spiro atoms. The highest BCUT2D eigenvalue weighted by Crippen LogP contribution is 2.32. The van der Waals surface area contributed by atoms with Crippen LogP contribution in [0, 0.1) is 17.1 Å². The van der Waals surface area contributed by atoms with E-state index in [0.29, 0.717) is 11.3 Å². The first-order valence-corrected chi connectivity index (χ1v) is 7.22. The Kier molecular flexibility index (Phi) is 4.61. The van der Waals surface area contributed by atoms with Crippen molar-refractivity contribution in [3.8, 4) is 6.07 Å². The van der Waals surface area contributed by atoms with Gasteiger partial charge in [0, 0.05) is 18.3 Å². The van der Waals surface area contributed by atoms with Gasteiger partial charge in [-0.2, -0.15) is 5.26 Å². The van der Waals surface area contributed by atoms with Crippen LogP contribution in [0.1, 0.15) is 45.1 Å². The zero-order chi connectivity index (χ0) is 14.6. The highest BCUT2D eigenvalue weighted by Gasteiger charge is 2.34. The van der Waals surface area contributed by atoms with Gasteiger partial charge in [-0.1, -0.05) is 13.8 Å². The Morgan fingerprint density at radius 3 is 2.80 bits per heavy atom. The summed E-state index contributed by atoms with van der Waals surface area (Å²) in [5.41, 5.74) is 0.952. The molecule has 108 valence electrons. The van der Waals surface area contributed by atoms with Crippen LogP contribution < -0.4 is 5.32 Å². The van der Waals surface area contributed by atoms with Crippen molar-refractivity contribution in [2.24, 2.45) is 0 Å². The third-order valence-corrected chi connectivity index (χ3v) is 4.18. The van der Waals surface area contributed by atoms with Gasteiger partial charge in [0.05, 0.1) is 17.2 Å². The summed E-state index contributed by atoms with van der Waals surface area (Å²) in [6, 6.07) is 6.62. The molecule has 4 heteroatoms. The molecule has 1 fully saturated rings. The molecule has 20 heavy (non-hydrogen) atoms. The molecule has 1 aromatic carbocycles. The van der Waals surface area contributed by atoms with Crippen LogP contribution in [0.25, 0.3) is 0 Å². The van der Waals surface area contributed by atoms with E-state index in [1.54, 1.807) is 6.07 Å². The fraction of sp³-hybridized carbons (Fsp3) is 0.562. The fourth-order valence-corrected chi connectivity index (χ4v) is 2.87. The third kappa shape index (κ3) is 3.29. The van der Waals surface area contributed by atoms with E-state index in [4.69, 9.17) is 10.00 Å². The second kappa shape index (κ2) is 6.23. The third-order valence-electron chi connectivity index (χ3n) is 4.18. The number of benzene rings is 1. The number of ether oxygens (including phenoxy) is 1. The first-order valence-electron chi connectivity index (χ1n) is 7.22. The quantitative estimate of drug-likeness (QED) is 0.908. The molecule has 2 rings (SSSR count). The smallest absolute Gasteiger partial charge is 0.126 e. The normalized spacial score (nSPS) is 21.2. The van der Waals surface area contributed by atoms with Gasteiger partial charge in [-0.25, -0.2) is 4.39 Å². The summed E-state index contributed by atoms with van der Waals surface area (Å²) in [5, 5.41) is 12.2. The minimum absolute atomic E-state index is 0.0682. The van der Waals surface area contributed by atoms with Crippen LogP contribution in [-0.4, -0.2) is 18.2 Å². The molecule has 0 aliphatic carbocycles. The van der Waals surface area contributed by atoms with Crippen molar-refractivity contribution in [1.82, 2.24) is 0 Å². The van der Waals surface area contributed by atoms with Crippen molar-refractivity contribution >= 4 is 5.69 Å². The number of halogens is 1. The van der Waals surface area contributed by atoms with Crippen LogP contribution in [0.3, 0.4) is 0 Å². The molecule has 1 heterocycles. The highest BCUT2D eigenvalue weighted by molar-refractivity contribution is 5.50. The van der Waals surface area contributed by atoms with Gasteiger partial charge < -0.3 is 10.1 Å². The fourth-order valence-electron chi connectivity index (χ4n) is 2.87. The van der Waals surface area contributed by atoms with Crippen molar-refractivity contribution in [2.75, 3.05) is 11.9 Å². The first-order chi connectivity index (χ1) is 9.60. The topological polar surface area (TPSA) is 45.0 Å². The van der Waals surface area contributed by atoms with Crippen molar-refractivity contribution in [2.45, 2.75) is 51.2 Å². The molecule has 1 unspecified atom stereocenters. The monoisotopic (exact) mass is 276 g/mol. The lowest BCUT2D eigenvalue weighted by atomic mass is 9.86. The molecule has 0 saturated carbocycles. The summed E-state index contributed by atoms with van der Waals surface area (Å²) in [7, 11) is 0. The molecular formula is C16H21FN2O. The average molecular weight is 276 g/mol. The van der Waals surface area contributed by atoms with Crippen LogP contribution in [-0.2, 0) is 4.74 Å². The summed E-state index contributed by atoms with van der Waals surface area (Å²) in [6.45, 7) is 5.00. The predicted octanol–water partition coefficient (Wildman–Crippen LogP) is 3.85. The minimum atomic E-state index is -0.379. The van der Waals surface area contributed by atoms with Gasteiger partial charge in [-0.05, 0) is 43.9 Å². The molecule has 1 aromatic rings. The number of rotatable bonds is 4. The van der Waals surface area contributed by atoms with Crippen molar-refractivity contribution in [3.05, 3.63) is 29.6 Å². The second-order valence-electron chi connectivity index (χ2n) is 5.41. The number of nitriles is 1. The summed E-state index contributed by atoms with van der Waals surface area (Å²) in [6.07, 6.45) is 3.78. The Bertz CT molecular complexity index is 506. The Morgan fingerprint density at radius 2 is 2.15 bits per heavy atom. The molecule has 0 aromatic heterocycles. The van der Waals surface area contributed by atoms with Gasteiger partial charge in [0.1, 0.15) is 5.82 Å². The average Bonchev–Trinajstić information content (AvgIpc) is 2.46. The van der Waals surface area contributed by atoms with Crippen LogP contribution in [0.5, 0.6) is 0 Å². The molecule has 1 N–H and O–H groups in total. The van der Waals surface area contributed by atoms with Crippen molar-refractivity contribution in [3.63, 3.8) is 0 Å². The van der Waals surface area contributed by atoms with Gasteiger partial charge in [-0.15, -0.1) is 0 Å². The van der Waals surface area contributed by atoms with E-state index in [1.165, 1.54) is 12.1 Å². The molecule has 0 amide bonds. The summed E-state index contributed by atoms with van der Waals surface area (Å²) >= 11 is 0. The molecular weight excluding hydrogens is 255 g/mol. The van der Waals surface area contributed by atoms with Crippen LogP contribution >= 0.6 is 0 Å². The minimum Gasteiger partial charge on any atom is -0.382 e. The Hall–Kier alpha value is -1.60. The van der Waals surface area contributed by atoms with E-state index in [-0.39, 0.29) is 17.5 Å². The van der Waals surface area contributed by atoms with E-state index in [1.807, 2.05) is 6.07 Å². The number of hydrogen-bond donors (Lipinski definition) is 1. The van der Waals surface area contributed by atoms with Gasteiger partial charge in [0.15, 0.2) is 0 Å². The maximum absolute atomic E-state index is 13.4. The van der Waals surface area contributed by atoms with Crippen LogP contribution in [0.15, 0.2) is 18.2 Å². The SMILES string of the molecule is CCC1(CC)CC(Nc2cc(F)cc(C#N)c2)CCO1. The maximum atomic E-state index is 13.4. The predicted molar refractivity (Wildman–Crippen MR) is 77.0 cm³/mol. The van der Waals surface area contributed by atoms with Gasteiger partial charge >= 0.3 is 0 Å². The Labute approximate surface area is 119 Å². The molecule has 3 nitrogen and oxygen atoms in total. The second-order valence-corrected chi connectivity index (χ2v) is 5.41. The number of hydrogen-bond acceptors (Lipinski definition) is 3. The Balaban J connectivity index is 2.10. The van der Waals surface area contributed by atoms with E-state index in [0.717, 1.165) is 32.3 Å². The Morgan fingerprint density at radius 1 is 1.40 bits per heavy atom. The molecule has 1 atom stereocenters. The van der Waals surface area contributed by atoms with E-state index in [9.17, 15) is 4.39 Å². The van der Waals surface area contributed by atoms with Gasteiger partial charge in [0.2, 0.25) is 0 Å². The lowest BCUT2D eigenvalue weighted by Crippen LogP contribution is -2.43. The largest absolute Gasteiger partial charge is 0.382 e. The van der Waals surface area contributed by atoms with E-state index >= 15 is 0 Å².